The van der Waals surface area contributed by atoms with Crippen LogP contribution < -0.4 is 9.47 Å². The van der Waals surface area contributed by atoms with Crippen molar-refractivity contribution in [2.45, 2.75) is 44.4 Å². The van der Waals surface area contributed by atoms with Gasteiger partial charge in [-0.05, 0) is 51.9 Å². The molecule has 0 saturated carbocycles. The molecule has 152 valence electrons. The Balaban J connectivity index is 1.59. The van der Waals surface area contributed by atoms with Crippen molar-refractivity contribution in [3.05, 3.63) is 23.8 Å². The van der Waals surface area contributed by atoms with E-state index in [1.165, 1.54) is 12.8 Å². The fourth-order valence-corrected chi connectivity index (χ4v) is 3.95. The molecule has 0 amide bonds. The fraction of sp³-hybridized carbons (Fsp3) is 0.714. The van der Waals surface area contributed by atoms with Crippen LogP contribution >= 0.6 is 0 Å². The number of hydrogen-bond donors (Lipinski definition) is 1. The van der Waals surface area contributed by atoms with E-state index >= 15 is 0 Å². The lowest BCUT2D eigenvalue weighted by Gasteiger charge is -2.31. The van der Waals surface area contributed by atoms with Crippen LogP contribution in [-0.2, 0) is 11.3 Å². The number of aliphatic hydroxyl groups excluding tert-OH is 1. The van der Waals surface area contributed by atoms with Gasteiger partial charge >= 0.3 is 0 Å². The number of likely N-dealkylation sites (tertiary alicyclic amines) is 1. The standard InChI is InChI=1S/C21H34N2O4/c1-22(18-7-11-26-12-8-18)14-17-5-6-20(25-2)13-21(17)27-16-19(24)15-23-9-3-4-10-23/h5-6,13,18-19,24H,3-4,7-12,14-16H2,1-2H3. The van der Waals surface area contributed by atoms with E-state index in [-0.39, 0.29) is 0 Å². The predicted molar refractivity (Wildman–Crippen MR) is 105 cm³/mol. The van der Waals surface area contributed by atoms with E-state index in [0.717, 1.165) is 62.8 Å². The van der Waals surface area contributed by atoms with Gasteiger partial charge in [-0.15, -0.1) is 0 Å². The van der Waals surface area contributed by atoms with Crippen LogP contribution in [0.3, 0.4) is 0 Å². The van der Waals surface area contributed by atoms with E-state index in [1.807, 2.05) is 12.1 Å². The highest BCUT2D eigenvalue weighted by molar-refractivity contribution is 5.40. The van der Waals surface area contributed by atoms with E-state index < -0.39 is 6.10 Å². The largest absolute Gasteiger partial charge is 0.497 e. The average Bonchev–Trinajstić information content (AvgIpc) is 3.20. The molecule has 6 heteroatoms. The molecule has 0 radical (unpaired) electrons. The van der Waals surface area contributed by atoms with Gasteiger partial charge in [-0.2, -0.15) is 0 Å². The predicted octanol–water partition coefficient (Wildman–Crippen LogP) is 2.14. The van der Waals surface area contributed by atoms with Crippen molar-refractivity contribution in [3.8, 4) is 11.5 Å². The van der Waals surface area contributed by atoms with Gasteiger partial charge in [0.2, 0.25) is 0 Å². The summed E-state index contributed by atoms with van der Waals surface area (Å²) in [6, 6.07) is 6.50. The highest BCUT2D eigenvalue weighted by atomic mass is 16.5. The van der Waals surface area contributed by atoms with E-state index in [4.69, 9.17) is 14.2 Å². The maximum absolute atomic E-state index is 10.4. The molecule has 0 bridgehead atoms. The molecule has 1 N–H and O–H groups in total. The van der Waals surface area contributed by atoms with Crippen LogP contribution in [0.5, 0.6) is 11.5 Å². The lowest BCUT2D eigenvalue weighted by atomic mass is 10.1. The molecule has 6 nitrogen and oxygen atoms in total. The van der Waals surface area contributed by atoms with Gasteiger partial charge in [-0.1, -0.05) is 6.07 Å². The highest BCUT2D eigenvalue weighted by Gasteiger charge is 2.21. The zero-order chi connectivity index (χ0) is 19.1. The van der Waals surface area contributed by atoms with Crippen molar-refractivity contribution < 1.29 is 19.3 Å². The number of hydrogen-bond acceptors (Lipinski definition) is 6. The van der Waals surface area contributed by atoms with Crippen molar-refractivity contribution in [3.63, 3.8) is 0 Å². The zero-order valence-electron chi connectivity index (χ0n) is 16.7. The van der Waals surface area contributed by atoms with Gasteiger partial charge < -0.3 is 24.2 Å². The van der Waals surface area contributed by atoms with Gasteiger partial charge in [0, 0.05) is 44.0 Å². The van der Waals surface area contributed by atoms with E-state index in [1.54, 1.807) is 7.11 Å². The highest BCUT2D eigenvalue weighted by Crippen LogP contribution is 2.27. The Morgan fingerprint density at radius 3 is 2.70 bits per heavy atom. The third-order valence-electron chi connectivity index (χ3n) is 5.61. The fourth-order valence-electron chi connectivity index (χ4n) is 3.95. The molecular formula is C21H34N2O4. The van der Waals surface area contributed by atoms with Crippen molar-refractivity contribution in [2.24, 2.45) is 0 Å². The number of rotatable bonds is 9. The second-order valence-electron chi connectivity index (χ2n) is 7.70. The average molecular weight is 379 g/mol. The third kappa shape index (κ3) is 6.07. The van der Waals surface area contributed by atoms with E-state index in [2.05, 4.69) is 22.9 Å². The lowest BCUT2D eigenvalue weighted by molar-refractivity contribution is 0.0400. The van der Waals surface area contributed by atoms with Crippen LogP contribution in [-0.4, -0.2) is 80.7 Å². The molecule has 0 spiro atoms. The van der Waals surface area contributed by atoms with Gasteiger partial charge in [0.25, 0.3) is 0 Å². The number of aliphatic hydroxyl groups is 1. The maximum atomic E-state index is 10.4. The molecule has 0 aromatic heterocycles. The Kier molecular flexibility index (Phi) is 7.76. The summed E-state index contributed by atoms with van der Waals surface area (Å²) in [6.45, 7) is 5.63. The third-order valence-corrected chi connectivity index (χ3v) is 5.61. The molecule has 2 heterocycles. The Labute approximate surface area is 163 Å². The van der Waals surface area contributed by atoms with Crippen LogP contribution in [0.1, 0.15) is 31.2 Å². The topological polar surface area (TPSA) is 54.4 Å². The normalized spacial score (nSPS) is 20.1. The molecule has 0 aliphatic carbocycles. The number of methoxy groups -OCH3 is 1. The number of ether oxygens (including phenoxy) is 3. The summed E-state index contributed by atoms with van der Waals surface area (Å²) in [5, 5.41) is 10.4. The Hall–Kier alpha value is -1.34. The summed E-state index contributed by atoms with van der Waals surface area (Å²) < 4.78 is 16.9. The summed E-state index contributed by atoms with van der Waals surface area (Å²) >= 11 is 0. The lowest BCUT2D eigenvalue weighted by Crippen LogP contribution is -2.36. The summed E-state index contributed by atoms with van der Waals surface area (Å²) in [7, 11) is 3.82. The Morgan fingerprint density at radius 1 is 1.26 bits per heavy atom. The summed E-state index contributed by atoms with van der Waals surface area (Å²) in [5.74, 6) is 1.57. The molecule has 2 fully saturated rings. The van der Waals surface area contributed by atoms with Gasteiger partial charge in [-0.25, -0.2) is 0 Å². The van der Waals surface area contributed by atoms with Crippen LogP contribution in [0.2, 0.25) is 0 Å². The quantitative estimate of drug-likeness (QED) is 0.711. The number of β-amino-alcohol motifs (C(OH)–C–C–N with tert-alkyl or cyclic N) is 1. The second-order valence-corrected chi connectivity index (χ2v) is 7.70. The molecule has 1 aromatic carbocycles. The van der Waals surface area contributed by atoms with Crippen LogP contribution in [0.25, 0.3) is 0 Å². The monoisotopic (exact) mass is 378 g/mol. The van der Waals surface area contributed by atoms with Crippen molar-refractivity contribution in [1.82, 2.24) is 9.80 Å². The van der Waals surface area contributed by atoms with Gasteiger partial charge in [0.15, 0.2) is 0 Å². The summed E-state index contributed by atoms with van der Waals surface area (Å²) in [4.78, 5) is 4.68. The first-order valence-electron chi connectivity index (χ1n) is 10.1. The molecule has 2 saturated heterocycles. The smallest absolute Gasteiger partial charge is 0.127 e. The molecular weight excluding hydrogens is 344 g/mol. The first-order chi connectivity index (χ1) is 13.2. The maximum Gasteiger partial charge on any atom is 0.127 e. The van der Waals surface area contributed by atoms with Crippen LogP contribution in [0, 0.1) is 0 Å². The van der Waals surface area contributed by atoms with Crippen LogP contribution in [0.15, 0.2) is 18.2 Å². The minimum Gasteiger partial charge on any atom is -0.497 e. The van der Waals surface area contributed by atoms with Crippen molar-refractivity contribution >= 4 is 0 Å². The van der Waals surface area contributed by atoms with Gasteiger partial charge in [-0.3, -0.25) is 4.90 Å². The minimum atomic E-state index is -0.477. The molecule has 2 aliphatic heterocycles. The minimum absolute atomic E-state index is 0.303. The number of benzene rings is 1. The van der Waals surface area contributed by atoms with E-state index in [0.29, 0.717) is 19.2 Å². The van der Waals surface area contributed by atoms with Crippen molar-refractivity contribution in [2.75, 3.05) is 53.6 Å². The van der Waals surface area contributed by atoms with Gasteiger partial charge in [0.1, 0.15) is 24.2 Å². The molecule has 2 aliphatic rings. The molecule has 1 aromatic rings. The zero-order valence-corrected chi connectivity index (χ0v) is 16.7. The van der Waals surface area contributed by atoms with E-state index in [9.17, 15) is 5.11 Å². The Bertz CT molecular complexity index is 571. The molecule has 1 unspecified atom stereocenters. The van der Waals surface area contributed by atoms with Gasteiger partial charge in [0.05, 0.1) is 7.11 Å². The second kappa shape index (κ2) is 10.3. The molecule has 1 atom stereocenters. The van der Waals surface area contributed by atoms with Crippen molar-refractivity contribution in [1.29, 1.82) is 0 Å². The SMILES string of the molecule is COc1ccc(CN(C)C2CCOCC2)c(OCC(O)CN2CCCC2)c1. The van der Waals surface area contributed by atoms with Crippen LogP contribution in [0.4, 0.5) is 0 Å². The first kappa shape index (κ1) is 20.4. The molecule has 3 rings (SSSR count). The first-order valence-corrected chi connectivity index (χ1v) is 10.1. The summed E-state index contributed by atoms with van der Waals surface area (Å²) in [5.41, 5.74) is 1.12. The number of nitrogens with zero attached hydrogens (tertiary/aromatic N) is 2. The summed E-state index contributed by atoms with van der Waals surface area (Å²) in [6.07, 6.45) is 4.11. The molecule has 27 heavy (non-hydrogen) atoms. The Morgan fingerprint density at radius 2 is 2.00 bits per heavy atom.